The van der Waals surface area contributed by atoms with E-state index in [1.165, 1.54) is 18.9 Å². The van der Waals surface area contributed by atoms with Gasteiger partial charge in [-0.2, -0.15) is 0 Å². The Morgan fingerprint density at radius 3 is 2.52 bits per heavy atom. The summed E-state index contributed by atoms with van der Waals surface area (Å²) in [5.74, 6) is 1.96. The summed E-state index contributed by atoms with van der Waals surface area (Å²) in [6.45, 7) is 4.33. The fraction of sp³-hybridized carbons (Fsp3) is 0.190. The first-order valence-corrected chi connectivity index (χ1v) is 10.1. The van der Waals surface area contributed by atoms with E-state index in [1.807, 2.05) is 16.7 Å². The number of methoxy groups -OCH3 is 2. The topological polar surface area (TPSA) is 66.2 Å². The van der Waals surface area contributed by atoms with Gasteiger partial charge in [0, 0.05) is 22.7 Å². The van der Waals surface area contributed by atoms with Crippen LogP contribution in [0.4, 0.5) is 0 Å². The molecule has 0 aliphatic rings. The second-order valence-corrected chi connectivity index (χ2v) is 7.37. The van der Waals surface area contributed by atoms with Crippen LogP contribution in [0.25, 0.3) is 11.4 Å². The Kier molecular flexibility index (Phi) is 6.95. The summed E-state index contributed by atoms with van der Waals surface area (Å²) in [4.78, 5) is 12.7. The van der Waals surface area contributed by atoms with Crippen LogP contribution in [-0.2, 0) is 6.54 Å². The first-order valence-electron chi connectivity index (χ1n) is 8.75. The molecule has 0 fully saturated rings. The third kappa shape index (κ3) is 4.81. The highest BCUT2D eigenvalue weighted by Gasteiger charge is 2.16. The fourth-order valence-electron chi connectivity index (χ4n) is 2.72. The number of halogens is 1. The molecule has 0 amide bonds. The van der Waals surface area contributed by atoms with E-state index < -0.39 is 0 Å². The third-order valence-electron chi connectivity index (χ3n) is 4.17. The first-order chi connectivity index (χ1) is 14.1. The number of carbonyl (C=O) groups is 1. The standard InChI is InChI=1S/C21H20ClN3O3S/c1-4-11-25-20(14-5-8-16(22)9-6-14)23-24-21(25)29-13-17(26)15-7-10-18(27-2)19(12-15)28-3/h4-10,12H,1,11,13H2,2-3H3. The molecule has 0 atom stereocenters. The monoisotopic (exact) mass is 429 g/mol. The molecular weight excluding hydrogens is 410 g/mol. The normalized spacial score (nSPS) is 10.6. The highest BCUT2D eigenvalue weighted by molar-refractivity contribution is 7.99. The maximum absolute atomic E-state index is 12.7. The molecule has 29 heavy (non-hydrogen) atoms. The second kappa shape index (κ2) is 9.62. The second-order valence-electron chi connectivity index (χ2n) is 5.99. The van der Waals surface area contributed by atoms with E-state index in [4.69, 9.17) is 21.1 Å². The van der Waals surface area contributed by atoms with Gasteiger partial charge in [-0.1, -0.05) is 29.4 Å². The summed E-state index contributed by atoms with van der Waals surface area (Å²) in [7, 11) is 3.09. The van der Waals surface area contributed by atoms with Gasteiger partial charge in [-0.15, -0.1) is 16.8 Å². The van der Waals surface area contributed by atoms with Gasteiger partial charge >= 0.3 is 0 Å². The van der Waals surface area contributed by atoms with Gasteiger partial charge < -0.3 is 9.47 Å². The van der Waals surface area contributed by atoms with E-state index >= 15 is 0 Å². The van der Waals surface area contributed by atoms with E-state index in [2.05, 4.69) is 16.8 Å². The van der Waals surface area contributed by atoms with Crippen molar-refractivity contribution < 1.29 is 14.3 Å². The number of thioether (sulfide) groups is 1. The molecular formula is C21H20ClN3O3S. The van der Waals surface area contributed by atoms with Gasteiger partial charge in [-0.05, 0) is 42.5 Å². The average molecular weight is 430 g/mol. The van der Waals surface area contributed by atoms with E-state index in [9.17, 15) is 4.79 Å². The Labute approximate surface area is 178 Å². The van der Waals surface area contributed by atoms with Crippen LogP contribution >= 0.6 is 23.4 Å². The minimum atomic E-state index is -0.0443. The number of ether oxygens (including phenoxy) is 2. The quantitative estimate of drug-likeness (QED) is 0.277. The number of allylic oxidation sites excluding steroid dienone is 1. The Hall–Kier alpha value is -2.77. The third-order valence-corrected chi connectivity index (χ3v) is 5.39. The van der Waals surface area contributed by atoms with Crippen LogP contribution in [0.15, 0.2) is 60.3 Å². The van der Waals surface area contributed by atoms with E-state index in [0.29, 0.717) is 39.6 Å². The van der Waals surface area contributed by atoms with Gasteiger partial charge in [0.25, 0.3) is 0 Å². The van der Waals surface area contributed by atoms with Crippen LogP contribution in [0.1, 0.15) is 10.4 Å². The fourth-order valence-corrected chi connectivity index (χ4v) is 3.69. The number of nitrogens with zero attached hydrogens (tertiary/aromatic N) is 3. The van der Waals surface area contributed by atoms with Crippen LogP contribution in [0.3, 0.4) is 0 Å². The molecule has 0 saturated heterocycles. The maximum atomic E-state index is 12.7. The van der Waals surface area contributed by atoms with Crippen LogP contribution in [0.2, 0.25) is 5.02 Å². The zero-order chi connectivity index (χ0) is 20.8. The van der Waals surface area contributed by atoms with Gasteiger partial charge in [0.1, 0.15) is 0 Å². The van der Waals surface area contributed by atoms with Crippen molar-refractivity contribution in [3.63, 3.8) is 0 Å². The lowest BCUT2D eigenvalue weighted by Crippen LogP contribution is -2.06. The molecule has 0 radical (unpaired) electrons. The number of hydrogen-bond donors (Lipinski definition) is 0. The molecule has 1 aromatic heterocycles. The Morgan fingerprint density at radius 1 is 1.14 bits per heavy atom. The summed E-state index contributed by atoms with van der Waals surface area (Å²) in [6, 6.07) is 12.5. The predicted molar refractivity (Wildman–Crippen MR) is 115 cm³/mol. The lowest BCUT2D eigenvalue weighted by molar-refractivity contribution is 0.102. The summed E-state index contributed by atoms with van der Waals surface area (Å²) < 4.78 is 12.4. The van der Waals surface area contributed by atoms with Crippen molar-refractivity contribution in [2.75, 3.05) is 20.0 Å². The Balaban J connectivity index is 1.79. The lowest BCUT2D eigenvalue weighted by atomic mass is 10.1. The van der Waals surface area contributed by atoms with Crippen LogP contribution < -0.4 is 9.47 Å². The van der Waals surface area contributed by atoms with Crippen molar-refractivity contribution in [3.8, 4) is 22.9 Å². The smallest absolute Gasteiger partial charge is 0.192 e. The molecule has 0 aliphatic heterocycles. The zero-order valence-electron chi connectivity index (χ0n) is 16.1. The lowest BCUT2D eigenvalue weighted by Gasteiger charge is -2.09. The highest BCUT2D eigenvalue weighted by atomic mass is 35.5. The highest BCUT2D eigenvalue weighted by Crippen LogP contribution is 2.29. The molecule has 0 unspecified atom stereocenters. The molecule has 3 rings (SSSR count). The number of ketones is 1. The predicted octanol–water partition coefficient (Wildman–Crippen LogP) is 4.78. The maximum Gasteiger partial charge on any atom is 0.192 e. The summed E-state index contributed by atoms with van der Waals surface area (Å²) in [6.07, 6.45) is 1.77. The number of Topliss-reactive ketones (excluding diaryl/α,β-unsaturated/α-hetero) is 1. The van der Waals surface area contributed by atoms with Crippen molar-refractivity contribution in [2.45, 2.75) is 11.7 Å². The first kappa shape index (κ1) is 21.0. The number of aromatic nitrogens is 3. The molecule has 1 heterocycles. The van der Waals surface area contributed by atoms with Gasteiger partial charge in [0.2, 0.25) is 0 Å². The molecule has 0 bridgehead atoms. The molecule has 150 valence electrons. The van der Waals surface area contributed by atoms with Crippen LogP contribution in [-0.4, -0.2) is 40.5 Å². The largest absolute Gasteiger partial charge is 0.493 e. The Morgan fingerprint density at radius 2 is 1.86 bits per heavy atom. The van der Waals surface area contributed by atoms with Crippen LogP contribution in [0.5, 0.6) is 11.5 Å². The van der Waals surface area contributed by atoms with Crippen molar-refractivity contribution in [1.29, 1.82) is 0 Å². The molecule has 0 saturated carbocycles. The molecule has 6 nitrogen and oxygen atoms in total. The van der Waals surface area contributed by atoms with Gasteiger partial charge in [0.05, 0.1) is 20.0 Å². The minimum absolute atomic E-state index is 0.0443. The SMILES string of the molecule is C=CCn1c(SCC(=O)c2ccc(OC)c(OC)c2)nnc1-c1ccc(Cl)cc1. The van der Waals surface area contributed by atoms with Crippen molar-refractivity contribution >= 4 is 29.1 Å². The zero-order valence-corrected chi connectivity index (χ0v) is 17.7. The molecule has 2 aromatic carbocycles. The van der Waals surface area contributed by atoms with Gasteiger partial charge in [-0.25, -0.2) is 0 Å². The van der Waals surface area contributed by atoms with E-state index in [-0.39, 0.29) is 11.5 Å². The number of benzene rings is 2. The van der Waals surface area contributed by atoms with E-state index in [0.717, 1.165) is 5.56 Å². The Bertz CT molecular complexity index is 1020. The molecule has 3 aromatic rings. The number of rotatable bonds is 9. The average Bonchev–Trinajstić information content (AvgIpc) is 3.14. The summed E-state index contributed by atoms with van der Waals surface area (Å²) in [5, 5.41) is 9.84. The summed E-state index contributed by atoms with van der Waals surface area (Å²) in [5.41, 5.74) is 1.43. The molecule has 0 aliphatic carbocycles. The van der Waals surface area contributed by atoms with Crippen LogP contribution in [0, 0.1) is 0 Å². The molecule has 0 spiro atoms. The molecule has 0 N–H and O–H groups in total. The summed E-state index contributed by atoms with van der Waals surface area (Å²) >= 11 is 7.30. The van der Waals surface area contributed by atoms with E-state index in [1.54, 1.807) is 43.5 Å². The number of carbonyl (C=O) groups excluding carboxylic acids is 1. The molecule has 8 heteroatoms. The number of hydrogen-bond acceptors (Lipinski definition) is 6. The van der Waals surface area contributed by atoms with Gasteiger partial charge in [-0.3, -0.25) is 9.36 Å². The van der Waals surface area contributed by atoms with Crippen molar-refractivity contribution in [2.24, 2.45) is 0 Å². The van der Waals surface area contributed by atoms with Crippen molar-refractivity contribution in [3.05, 3.63) is 65.7 Å². The minimum Gasteiger partial charge on any atom is -0.493 e. The van der Waals surface area contributed by atoms with Crippen molar-refractivity contribution in [1.82, 2.24) is 14.8 Å². The van der Waals surface area contributed by atoms with Gasteiger partial charge in [0.15, 0.2) is 28.3 Å².